The van der Waals surface area contributed by atoms with E-state index in [9.17, 15) is 8.42 Å². The van der Waals surface area contributed by atoms with Crippen LogP contribution in [0.15, 0.2) is 53.4 Å². The summed E-state index contributed by atoms with van der Waals surface area (Å²) >= 11 is 5.92. The Morgan fingerprint density at radius 3 is 2.33 bits per heavy atom. The Bertz CT molecular complexity index is 711. The lowest BCUT2D eigenvalue weighted by atomic mass is 10.1. The highest BCUT2D eigenvalue weighted by atomic mass is 35.5. The molecule has 0 radical (unpaired) electrons. The molecule has 2 aromatic rings. The first-order valence-electron chi connectivity index (χ1n) is 6.78. The summed E-state index contributed by atoms with van der Waals surface area (Å²) in [7, 11) is -2.04. The number of aryl methyl sites for hydroxylation is 1. The van der Waals surface area contributed by atoms with Crippen LogP contribution in [0.1, 0.15) is 18.9 Å². The third kappa shape index (κ3) is 3.57. The normalized spacial score (nSPS) is 11.4. The number of anilines is 1. The van der Waals surface area contributed by atoms with E-state index in [2.05, 4.69) is 6.92 Å². The van der Waals surface area contributed by atoms with Gasteiger partial charge in [0.15, 0.2) is 0 Å². The van der Waals surface area contributed by atoms with Gasteiger partial charge in [-0.25, -0.2) is 8.42 Å². The molecule has 0 saturated heterocycles. The average molecular weight is 324 g/mol. The maximum Gasteiger partial charge on any atom is 0.264 e. The predicted molar refractivity (Wildman–Crippen MR) is 87.5 cm³/mol. The van der Waals surface area contributed by atoms with E-state index in [0.29, 0.717) is 10.7 Å². The van der Waals surface area contributed by atoms with E-state index >= 15 is 0 Å². The fraction of sp³-hybridized carbons (Fsp3) is 0.250. The molecule has 5 heteroatoms. The monoisotopic (exact) mass is 323 g/mol. The van der Waals surface area contributed by atoms with E-state index in [4.69, 9.17) is 11.6 Å². The topological polar surface area (TPSA) is 37.4 Å². The molecule has 0 spiro atoms. The van der Waals surface area contributed by atoms with Crippen LogP contribution in [0.25, 0.3) is 0 Å². The van der Waals surface area contributed by atoms with Gasteiger partial charge in [-0.2, -0.15) is 0 Å². The molecule has 0 aromatic heterocycles. The lowest BCUT2D eigenvalue weighted by Gasteiger charge is -2.19. The molecule has 0 aliphatic carbocycles. The molecular weight excluding hydrogens is 306 g/mol. The highest BCUT2D eigenvalue weighted by Crippen LogP contribution is 2.24. The standard InChI is InChI=1S/C16H18ClNO2S/c1-3-5-13-8-10-16(11-9-13)21(19,20)18(2)15-7-4-6-14(17)12-15/h4,6-12H,3,5H2,1-2H3. The quantitative estimate of drug-likeness (QED) is 0.830. The van der Waals surface area contributed by atoms with Crippen molar-refractivity contribution in [2.45, 2.75) is 24.7 Å². The number of hydrogen-bond donors (Lipinski definition) is 0. The van der Waals surface area contributed by atoms with Gasteiger partial charge in [-0.15, -0.1) is 0 Å². The van der Waals surface area contributed by atoms with Gasteiger partial charge in [-0.3, -0.25) is 4.31 Å². The summed E-state index contributed by atoms with van der Waals surface area (Å²) in [5.41, 5.74) is 1.68. The van der Waals surface area contributed by atoms with E-state index in [0.717, 1.165) is 18.4 Å². The maximum atomic E-state index is 12.6. The third-order valence-corrected chi connectivity index (χ3v) is 5.33. The van der Waals surface area contributed by atoms with Crippen LogP contribution < -0.4 is 4.31 Å². The van der Waals surface area contributed by atoms with Gasteiger partial charge < -0.3 is 0 Å². The molecule has 0 N–H and O–H groups in total. The zero-order valence-corrected chi connectivity index (χ0v) is 13.7. The fourth-order valence-corrected chi connectivity index (χ4v) is 3.46. The highest BCUT2D eigenvalue weighted by molar-refractivity contribution is 7.92. The number of benzene rings is 2. The Hall–Kier alpha value is -1.52. The molecule has 0 fully saturated rings. The Kier molecular flexibility index (Phi) is 4.91. The minimum absolute atomic E-state index is 0.282. The molecular formula is C16H18ClNO2S. The van der Waals surface area contributed by atoms with Crippen molar-refractivity contribution >= 4 is 27.3 Å². The first kappa shape index (κ1) is 15.9. The molecule has 2 aromatic carbocycles. The van der Waals surface area contributed by atoms with Crippen molar-refractivity contribution in [1.82, 2.24) is 0 Å². The minimum atomic E-state index is -3.57. The van der Waals surface area contributed by atoms with Crippen LogP contribution in [0, 0.1) is 0 Å². The molecule has 0 amide bonds. The average Bonchev–Trinajstić information content (AvgIpc) is 2.47. The molecule has 21 heavy (non-hydrogen) atoms. The van der Waals surface area contributed by atoms with Gasteiger partial charge in [-0.1, -0.05) is 43.1 Å². The van der Waals surface area contributed by atoms with Crippen LogP contribution in [0.4, 0.5) is 5.69 Å². The van der Waals surface area contributed by atoms with Crippen LogP contribution >= 0.6 is 11.6 Å². The SMILES string of the molecule is CCCc1ccc(S(=O)(=O)N(C)c2cccc(Cl)c2)cc1. The second kappa shape index (κ2) is 6.50. The van der Waals surface area contributed by atoms with Gasteiger partial charge in [0.05, 0.1) is 10.6 Å². The van der Waals surface area contributed by atoms with E-state index in [1.165, 1.54) is 11.4 Å². The Labute approximate surface area is 131 Å². The molecule has 112 valence electrons. The lowest BCUT2D eigenvalue weighted by Crippen LogP contribution is -2.26. The molecule has 0 unspecified atom stereocenters. The summed E-state index contributed by atoms with van der Waals surface area (Å²) in [6.45, 7) is 2.09. The summed E-state index contributed by atoms with van der Waals surface area (Å²) in [5, 5.41) is 0.507. The number of nitrogens with zero attached hydrogens (tertiary/aromatic N) is 1. The summed E-state index contributed by atoms with van der Waals surface area (Å²) in [6, 6.07) is 13.8. The van der Waals surface area contributed by atoms with Crippen molar-refractivity contribution in [3.8, 4) is 0 Å². The van der Waals surface area contributed by atoms with Gasteiger partial charge in [0.25, 0.3) is 10.0 Å². The molecule has 0 aliphatic heterocycles. The third-order valence-electron chi connectivity index (χ3n) is 3.29. The van der Waals surface area contributed by atoms with Gasteiger partial charge in [0.2, 0.25) is 0 Å². The van der Waals surface area contributed by atoms with Gasteiger partial charge >= 0.3 is 0 Å². The van der Waals surface area contributed by atoms with Crippen molar-refractivity contribution < 1.29 is 8.42 Å². The summed E-state index contributed by atoms with van der Waals surface area (Å²) < 4.78 is 26.4. The molecule has 0 atom stereocenters. The lowest BCUT2D eigenvalue weighted by molar-refractivity contribution is 0.594. The first-order valence-corrected chi connectivity index (χ1v) is 8.60. The Morgan fingerprint density at radius 2 is 1.76 bits per heavy atom. The van der Waals surface area contributed by atoms with E-state index in [1.54, 1.807) is 36.4 Å². The Balaban J connectivity index is 2.32. The number of rotatable bonds is 5. The Morgan fingerprint density at radius 1 is 1.10 bits per heavy atom. The number of sulfonamides is 1. The maximum absolute atomic E-state index is 12.6. The van der Waals surface area contributed by atoms with Gasteiger partial charge in [0.1, 0.15) is 0 Å². The van der Waals surface area contributed by atoms with E-state index < -0.39 is 10.0 Å². The zero-order valence-electron chi connectivity index (χ0n) is 12.1. The molecule has 0 saturated carbocycles. The van der Waals surface area contributed by atoms with Crippen LogP contribution in [-0.4, -0.2) is 15.5 Å². The number of halogens is 1. The molecule has 3 nitrogen and oxygen atoms in total. The summed E-state index contributed by atoms with van der Waals surface area (Å²) in [6.07, 6.45) is 1.99. The van der Waals surface area contributed by atoms with Gasteiger partial charge in [-0.05, 0) is 42.3 Å². The fourth-order valence-electron chi connectivity index (χ4n) is 2.09. The molecule has 2 rings (SSSR count). The second-order valence-corrected chi connectivity index (χ2v) is 7.25. The summed E-state index contributed by atoms with van der Waals surface area (Å²) in [4.78, 5) is 0.282. The van der Waals surface area contributed by atoms with E-state index in [-0.39, 0.29) is 4.90 Å². The molecule has 0 aliphatic rings. The van der Waals surface area contributed by atoms with Crippen molar-refractivity contribution in [1.29, 1.82) is 0 Å². The van der Waals surface area contributed by atoms with E-state index in [1.807, 2.05) is 12.1 Å². The van der Waals surface area contributed by atoms with Crippen LogP contribution in [0.5, 0.6) is 0 Å². The largest absolute Gasteiger partial charge is 0.269 e. The smallest absolute Gasteiger partial charge is 0.264 e. The van der Waals surface area contributed by atoms with Crippen molar-refractivity contribution in [2.75, 3.05) is 11.4 Å². The van der Waals surface area contributed by atoms with Crippen LogP contribution in [-0.2, 0) is 16.4 Å². The van der Waals surface area contributed by atoms with Crippen molar-refractivity contribution in [3.05, 3.63) is 59.1 Å². The van der Waals surface area contributed by atoms with Crippen LogP contribution in [0.3, 0.4) is 0 Å². The number of hydrogen-bond acceptors (Lipinski definition) is 2. The predicted octanol–water partition coefficient (Wildman–Crippen LogP) is 4.12. The van der Waals surface area contributed by atoms with Crippen LogP contribution in [0.2, 0.25) is 5.02 Å². The molecule has 0 bridgehead atoms. The zero-order chi connectivity index (χ0) is 15.5. The first-order chi connectivity index (χ1) is 9.95. The molecule has 0 heterocycles. The van der Waals surface area contributed by atoms with Crippen molar-refractivity contribution in [3.63, 3.8) is 0 Å². The minimum Gasteiger partial charge on any atom is -0.269 e. The highest BCUT2D eigenvalue weighted by Gasteiger charge is 2.21. The second-order valence-electron chi connectivity index (χ2n) is 4.85. The van der Waals surface area contributed by atoms with Gasteiger partial charge in [0, 0.05) is 12.1 Å². The summed E-state index contributed by atoms with van der Waals surface area (Å²) in [5.74, 6) is 0. The van der Waals surface area contributed by atoms with Crippen molar-refractivity contribution in [2.24, 2.45) is 0 Å².